The molecule has 0 aromatic heterocycles. The molecule has 1 rings (SSSR count). The van der Waals surface area contributed by atoms with E-state index in [2.05, 4.69) is 0 Å². The molecule has 0 bridgehead atoms. The third kappa shape index (κ3) is 5.55. The van der Waals surface area contributed by atoms with Gasteiger partial charge in [-0.1, -0.05) is 140 Å². The molecule has 1 nitrogen and oxygen atoms in total. The van der Waals surface area contributed by atoms with E-state index >= 15 is 0 Å². The molecule has 19 heavy (non-hydrogen) atoms. The van der Waals surface area contributed by atoms with E-state index in [4.69, 9.17) is 121 Å². The van der Waals surface area contributed by atoms with Gasteiger partial charge in [-0.15, -0.1) is 0 Å². The zero-order valence-electron chi connectivity index (χ0n) is 8.16. The lowest BCUT2D eigenvalue weighted by atomic mass is 10.7. The number of halogens is 10. The predicted molar refractivity (Wildman–Crippen MR) is 93.3 cm³/mol. The Kier molecular flexibility index (Phi) is 7.39. The minimum Gasteiger partial charge on any atom is -0.344 e. The fourth-order valence-electron chi connectivity index (χ4n) is 0.893. The fraction of sp³-hybridized carbons (Fsp3) is 1.00. The van der Waals surface area contributed by atoms with Crippen molar-refractivity contribution in [2.75, 3.05) is 0 Å². The summed E-state index contributed by atoms with van der Waals surface area (Å²) in [6.45, 7) is 0. The highest BCUT2D eigenvalue weighted by molar-refractivity contribution is 8.21. The van der Waals surface area contributed by atoms with Crippen LogP contribution in [0.25, 0.3) is 0 Å². The maximum absolute atomic E-state index is 6.25. The molecule has 2 atom stereocenters. The zero-order valence-corrected chi connectivity index (χ0v) is 17.4. The summed E-state index contributed by atoms with van der Waals surface area (Å²) < 4.78 is -1.80. The Morgan fingerprint density at radius 2 is 1.05 bits per heavy atom. The largest absolute Gasteiger partial charge is 0.344 e. The molecule has 0 aromatic rings. The third-order valence-electron chi connectivity index (χ3n) is 1.64. The number of alkyl halides is 10. The van der Waals surface area contributed by atoms with E-state index in [-0.39, 0.29) is 0 Å². The van der Waals surface area contributed by atoms with Crippen LogP contribution in [0.2, 0.25) is 0 Å². The Morgan fingerprint density at radius 3 is 1.26 bits per heavy atom. The molecule has 0 radical (unpaired) electrons. The van der Waals surface area contributed by atoms with E-state index in [9.17, 15) is 0 Å². The highest BCUT2D eigenvalue weighted by atomic mass is 35.6. The van der Waals surface area contributed by atoms with Crippen LogP contribution in [0.3, 0.4) is 0 Å². The van der Waals surface area contributed by atoms with Gasteiger partial charge in [0, 0.05) is 0 Å². The van der Waals surface area contributed by atoms with Gasteiger partial charge in [0.25, 0.3) is 0 Å². The Balaban J connectivity index is 3.11. The van der Waals surface area contributed by atoms with Crippen LogP contribution >= 0.6 is 140 Å². The SMILES string of the molecule is ClC(Cl)(Cl)[C@@H]1O[C@@H](C(Cl)(Cl)Cl)SC(Cl)(C(Cl)(Cl)Cl)S1. The zero-order chi connectivity index (χ0) is 15.3. The Bertz CT molecular complexity index is 310. The number of rotatable bonds is 0. The topological polar surface area (TPSA) is 9.23 Å². The second-order valence-corrected chi connectivity index (χ2v) is 14.0. The van der Waals surface area contributed by atoms with Gasteiger partial charge < -0.3 is 4.74 Å². The molecule has 0 spiro atoms. The second-order valence-electron chi connectivity index (χ2n) is 3.15. The summed E-state index contributed by atoms with van der Waals surface area (Å²) in [5, 5.41) is 0. The van der Waals surface area contributed by atoms with Crippen molar-refractivity contribution < 1.29 is 4.74 Å². The number of hydrogen-bond donors (Lipinski definition) is 0. The van der Waals surface area contributed by atoms with Gasteiger partial charge in [-0.05, 0) is 0 Å². The van der Waals surface area contributed by atoms with Crippen LogP contribution in [0.4, 0.5) is 0 Å². The molecule has 0 saturated carbocycles. The highest BCUT2D eigenvalue weighted by Crippen LogP contribution is 2.66. The van der Waals surface area contributed by atoms with Crippen molar-refractivity contribution in [3.05, 3.63) is 0 Å². The molecule has 114 valence electrons. The molecular weight excluding hydrogens is 507 g/mol. The van der Waals surface area contributed by atoms with Gasteiger partial charge in [-0.25, -0.2) is 0 Å². The van der Waals surface area contributed by atoms with Crippen molar-refractivity contribution in [3.8, 4) is 0 Å². The first-order valence-electron chi connectivity index (χ1n) is 4.07. The van der Waals surface area contributed by atoms with Gasteiger partial charge >= 0.3 is 0 Å². The monoisotopic (exact) mass is 504 g/mol. The molecule has 13 heteroatoms. The summed E-state index contributed by atoms with van der Waals surface area (Å²) in [5.74, 6) is 0. The van der Waals surface area contributed by atoms with E-state index < -0.39 is 25.8 Å². The molecule has 1 heterocycles. The first-order chi connectivity index (χ1) is 8.17. The Hall–Kier alpha value is 3.56. The van der Waals surface area contributed by atoms with Crippen molar-refractivity contribution in [2.24, 2.45) is 0 Å². The van der Waals surface area contributed by atoms with Crippen LogP contribution in [0.1, 0.15) is 0 Å². The van der Waals surface area contributed by atoms with Crippen LogP contribution in [0.15, 0.2) is 0 Å². The average molecular weight is 509 g/mol. The molecule has 0 N–H and O–H groups in total. The summed E-state index contributed by atoms with van der Waals surface area (Å²) in [4.78, 5) is 0. The van der Waals surface area contributed by atoms with Gasteiger partial charge in [-0.2, -0.15) is 0 Å². The van der Waals surface area contributed by atoms with Crippen LogP contribution < -0.4 is 0 Å². The molecule has 0 aliphatic carbocycles. The first-order valence-corrected chi connectivity index (χ1v) is 9.61. The highest BCUT2D eigenvalue weighted by Gasteiger charge is 2.60. The maximum Gasteiger partial charge on any atom is 0.228 e. The van der Waals surface area contributed by atoms with Crippen molar-refractivity contribution >= 4 is 140 Å². The molecule has 0 aromatic carbocycles. The van der Waals surface area contributed by atoms with Gasteiger partial charge in [0.2, 0.25) is 11.4 Å². The average Bonchev–Trinajstić information content (AvgIpc) is 2.12. The second kappa shape index (κ2) is 6.82. The summed E-state index contributed by atoms with van der Waals surface area (Å²) >= 11 is 59.9. The van der Waals surface area contributed by atoms with E-state index in [1.807, 2.05) is 0 Å². The fourth-order valence-corrected chi connectivity index (χ4v) is 5.53. The molecule has 1 aliphatic heterocycles. The molecule has 1 aliphatic rings. The smallest absolute Gasteiger partial charge is 0.228 e. The Labute approximate surface area is 168 Å². The van der Waals surface area contributed by atoms with Gasteiger partial charge in [0.15, 0.2) is 14.4 Å². The number of thioether (sulfide) groups is 2. The standard InChI is InChI=1S/C6H2Cl10OS2/c7-3(8,9)1-17-2(4(10,11)12)19-6(16,18-1)5(13,14)15/h1-2H/t1-,2-/m1/s1. The summed E-state index contributed by atoms with van der Waals surface area (Å²) in [7, 11) is 0. The van der Waals surface area contributed by atoms with E-state index in [1.165, 1.54) is 0 Å². The third-order valence-corrected chi connectivity index (χ3v) is 9.39. The van der Waals surface area contributed by atoms with Crippen LogP contribution in [0, 0.1) is 0 Å². The first kappa shape index (κ1) is 20.6. The van der Waals surface area contributed by atoms with E-state index in [0.717, 1.165) is 23.5 Å². The Morgan fingerprint density at radius 1 is 0.737 bits per heavy atom. The quantitative estimate of drug-likeness (QED) is 0.322. The minimum atomic E-state index is -1.92. The molecular formula is C6H2Cl10OS2. The van der Waals surface area contributed by atoms with Crippen LogP contribution in [-0.4, -0.2) is 25.8 Å². The van der Waals surface area contributed by atoms with Crippen molar-refractivity contribution in [1.29, 1.82) is 0 Å². The van der Waals surface area contributed by atoms with Crippen LogP contribution in [0.5, 0.6) is 0 Å². The normalized spacial score (nSPS) is 34.4. The molecule has 0 amide bonds. The lowest BCUT2D eigenvalue weighted by Crippen LogP contribution is -2.48. The van der Waals surface area contributed by atoms with E-state index in [1.54, 1.807) is 0 Å². The maximum atomic E-state index is 6.25. The predicted octanol–water partition coefficient (Wildman–Crippen LogP) is 7.14. The number of ether oxygens (including phenoxy) is 1. The molecule has 0 unspecified atom stereocenters. The minimum absolute atomic E-state index is 0.806. The van der Waals surface area contributed by atoms with Crippen molar-refractivity contribution in [3.63, 3.8) is 0 Å². The van der Waals surface area contributed by atoms with Gasteiger partial charge in [0.05, 0.1) is 0 Å². The van der Waals surface area contributed by atoms with Gasteiger partial charge in [0.1, 0.15) is 0 Å². The summed E-state index contributed by atoms with van der Waals surface area (Å²) in [6.07, 6.45) is 0. The van der Waals surface area contributed by atoms with E-state index in [0.29, 0.717) is 0 Å². The number of hydrogen-bond acceptors (Lipinski definition) is 3. The van der Waals surface area contributed by atoms with Crippen LogP contribution in [-0.2, 0) is 4.74 Å². The van der Waals surface area contributed by atoms with Gasteiger partial charge in [-0.3, -0.25) is 0 Å². The lowest BCUT2D eigenvalue weighted by molar-refractivity contribution is 0.0924. The van der Waals surface area contributed by atoms with Crippen molar-refractivity contribution in [1.82, 2.24) is 0 Å². The molecule has 1 saturated heterocycles. The molecule has 1 fully saturated rings. The van der Waals surface area contributed by atoms with Crippen molar-refractivity contribution in [2.45, 2.75) is 25.8 Å². The summed E-state index contributed by atoms with van der Waals surface area (Å²) in [5.41, 5.74) is -2.18. The lowest BCUT2D eigenvalue weighted by Gasteiger charge is -2.45. The summed E-state index contributed by atoms with van der Waals surface area (Å²) in [6, 6.07) is 0.